The Morgan fingerprint density at radius 1 is 1.42 bits per heavy atom. The molecule has 102 valence electrons. The second kappa shape index (κ2) is 5.54. The number of nitrogens with two attached hydrogens (primary N) is 1. The lowest BCUT2D eigenvalue weighted by molar-refractivity contribution is 0.473. The molecule has 1 aliphatic rings. The minimum atomic E-state index is 0.356. The number of anilines is 2. The molecule has 0 aliphatic heterocycles. The summed E-state index contributed by atoms with van der Waals surface area (Å²) in [5, 5.41) is 7.47. The summed E-state index contributed by atoms with van der Waals surface area (Å²) in [6.45, 7) is 0. The number of hydrogen-bond donors (Lipinski definition) is 2. The van der Waals surface area contributed by atoms with Gasteiger partial charge in [0.1, 0.15) is 10.6 Å². The first-order chi connectivity index (χ1) is 9.26. The number of thioether (sulfide) groups is 1. The lowest BCUT2D eigenvalue weighted by Crippen LogP contribution is -2.29. The number of thiophene rings is 1. The highest BCUT2D eigenvalue weighted by molar-refractivity contribution is 7.99. The predicted octanol–water partition coefficient (Wildman–Crippen LogP) is 3.36. The van der Waals surface area contributed by atoms with Gasteiger partial charge >= 0.3 is 0 Å². The van der Waals surface area contributed by atoms with Gasteiger partial charge in [-0.2, -0.15) is 16.7 Å². The number of aromatic nitrogens is 2. The van der Waals surface area contributed by atoms with E-state index in [1.807, 2.05) is 17.1 Å². The van der Waals surface area contributed by atoms with Crippen LogP contribution in [0.25, 0.3) is 10.2 Å². The number of nitrogen functional groups attached to an aromatic ring is 1. The molecule has 2 heterocycles. The Kier molecular flexibility index (Phi) is 3.79. The van der Waals surface area contributed by atoms with Gasteiger partial charge in [0.05, 0.1) is 5.39 Å². The van der Waals surface area contributed by atoms with Crippen molar-refractivity contribution in [2.24, 2.45) is 0 Å². The van der Waals surface area contributed by atoms with Gasteiger partial charge in [0.15, 0.2) is 0 Å². The SMILES string of the molecule is CSC1CCCC(Nc2nc(N)nc3sccc23)C1. The Hall–Kier alpha value is -1.01. The fourth-order valence-corrected chi connectivity index (χ4v) is 4.26. The molecule has 2 unspecified atom stereocenters. The standard InChI is InChI=1S/C13H18N4S2/c1-18-9-4-2-3-8(7-9)15-11-10-5-6-19-12(10)17-13(14)16-11/h5-6,8-9H,2-4,7H2,1H3,(H3,14,15,16,17). The van der Waals surface area contributed by atoms with E-state index in [-0.39, 0.29) is 0 Å². The van der Waals surface area contributed by atoms with Gasteiger partial charge in [-0.1, -0.05) is 6.42 Å². The van der Waals surface area contributed by atoms with E-state index >= 15 is 0 Å². The van der Waals surface area contributed by atoms with Crippen molar-refractivity contribution in [1.29, 1.82) is 0 Å². The fourth-order valence-electron chi connectivity index (χ4n) is 2.67. The van der Waals surface area contributed by atoms with Crippen LogP contribution in [0.5, 0.6) is 0 Å². The van der Waals surface area contributed by atoms with Crippen molar-refractivity contribution >= 4 is 45.1 Å². The molecule has 2 aromatic rings. The van der Waals surface area contributed by atoms with Gasteiger partial charge in [-0.05, 0) is 37.0 Å². The highest BCUT2D eigenvalue weighted by atomic mass is 32.2. The molecule has 2 atom stereocenters. The summed E-state index contributed by atoms with van der Waals surface area (Å²) in [7, 11) is 0. The van der Waals surface area contributed by atoms with Gasteiger partial charge in [-0.15, -0.1) is 11.3 Å². The predicted molar refractivity (Wildman–Crippen MR) is 85.0 cm³/mol. The second-order valence-corrected chi connectivity index (χ2v) is 6.97. The first-order valence-corrected chi connectivity index (χ1v) is 8.73. The van der Waals surface area contributed by atoms with E-state index in [1.54, 1.807) is 11.3 Å². The highest BCUT2D eigenvalue weighted by Crippen LogP contribution is 2.31. The van der Waals surface area contributed by atoms with Crippen molar-refractivity contribution in [3.8, 4) is 0 Å². The van der Waals surface area contributed by atoms with E-state index in [2.05, 4.69) is 27.6 Å². The van der Waals surface area contributed by atoms with Crippen LogP contribution in [0.2, 0.25) is 0 Å². The van der Waals surface area contributed by atoms with Gasteiger partial charge in [0.25, 0.3) is 0 Å². The van der Waals surface area contributed by atoms with Crippen LogP contribution < -0.4 is 11.1 Å². The third kappa shape index (κ3) is 2.79. The Bertz CT molecular complexity index is 569. The Morgan fingerprint density at radius 3 is 3.16 bits per heavy atom. The second-order valence-electron chi connectivity index (χ2n) is 4.94. The molecule has 1 fully saturated rings. The molecule has 0 amide bonds. The maximum absolute atomic E-state index is 5.78. The van der Waals surface area contributed by atoms with Crippen molar-refractivity contribution in [3.05, 3.63) is 11.4 Å². The van der Waals surface area contributed by atoms with Crippen LogP contribution in [-0.4, -0.2) is 27.5 Å². The Morgan fingerprint density at radius 2 is 2.32 bits per heavy atom. The zero-order valence-corrected chi connectivity index (χ0v) is 12.6. The number of rotatable bonds is 3. The molecule has 0 saturated heterocycles. The van der Waals surface area contributed by atoms with Gasteiger partial charge in [0, 0.05) is 11.3 Å². The third-order valence-corrected chi connectivity index (χ3v) is 5.54. The number of fused-ring (bicyclic) bond motifs is 1. The summed E-state index contributed by atoms with van der Waals surface area (Å²) in [6, 6.07) is 2.57. The maximum Gasteiger partial charge on any atom is 0.223 e. The van der Waals surface area contributed by atoms with E-state index in [1.165, 1.54) is 25.7 Å². The van der Waals surface area contributed by atoms with Crippen molar-refractivity contribution < 1.29 is 0 Å². The van der Waals surface area contributed by atoms with Gasteiger partial charge in [-0.3, -0.25) is 0 Å². The minimum Gasteiger partial charge on any atom is -0.368 e. The topological polar surface area (TPSA) is 63.8 Å². The van der Waals surface area contributed by atoms with E-state index in [9.17, 15) is 0 Å². The van der Waals surface area contributed by atoms with E-state index in [0.29, 0.717) is 12.0 Å². The van der Waals surface area contributed by atoms with Gasteiger partial charge in [-0.25, -0.2) is 4.98 Å². The minimum absolute atomic E-state index is 0.356. The van der Waals surface area contributed by atoms with Crippen LogP contribution in [0.3, 0.4) is 0 Å². The van der Waals surface area contributed by atoms with Crippen molar-refractivity contribution in [1.82, 2.24) is 9.97 Å². The van der Waals surface area contributed by atoms with Gasteiger partial charge in [0.2, 0.25) is 5.95 Å². The van der Waals surface area contributed by atoms with Crippen molar-refractivity contribution in [2.75, 3.05) is 17.3 Å². The molecular formula is C13H18N4S2. The summed E-state index contributed by atoms with van der Waals surface area (Å²) in [5.41, 5.74) is 5.78. The molecule has 2 aromatic heterocycles. The summed E-state index contributed by atoms with van der Waals surface area (Å²) in [6.07, 6.45) is 7.24. The molecule has 0 radical (unpaired) electrons. The smallest absolute Gasteiger partial charge is 0.223 e. The normalized spacial score (nSPS) is 23.6. The Labute approximate surface area is 121 Å². The number of nitrogens with one attached hydrogen (secondary N) is 1. The molecule has 4 nitrogen and oxygen atoms in total. The molecule has 3 N–H and O–H groups in total. The Balaban J connectivity index is 1.82. The molecule has 6 heteroatoms. The average molecular weight is 294 g/mol. The molecular weight excluding hydrogens is 276 g/mol. The van der Waals surface area contributed by atoms with E-state index in [0.717, 1.165) is 21.3 Å². The van der Waals surface area contributed by atoms with Crippen LogP contribution in [0.1, 0.15) is 25.7 Å². The van der Waals surface area contributed by atoms with E-state index < -0.39 is 0 Å². The van der Waals surface area contributed by atoms with E-state index in [4.69, 9.17) is 5.73 Å². The van der Waals surface area contributed by atoms with Gasteiger partial charge < -0.3 is 11.1 Å². The summed E-state index contributed by atoms with van der Waals surface area (Å²) in [5.74, 6) is 1.25. The zero-order valence-electron chi connectivity index (χ0n) is 10.9. The number of hydrogen-bond acceptors (Lipinski definition) is 6. The molecule has 0 spiro atoms. The highest BCUT2D eigenvalue weighted by Gasteiger charge is 2.22. The first-order valence-electron chi connectivity index (χ1n) is 6.56. The number of nitrogens with zero attached hydrogens (tertiary/aromatic N) is 2. The fraction of sp³-hybridized carbons (Fsp3) is 0.538. The average Bonchev–Trinajstić information content (AvgIpc) is 2.87. The largest absolute Gasteiger partial charge is 0.368 e. The quantitative estimate of drug-likeness (QED) is 0.909. The van der Waals surface area contributed by atoms with Crippen LogP contribution >= 0.6 is 23.1 Å². The van der Waals surface area contributed by atoms with Crippen LogP contribution in [0.15, 0.2) is 11.4 Å². The lowest BCUT2D eigenvalue weighted by atomic mass is 9.95. The molecule has 1 aliphatic carbocycles. The van der Waals surface area contributed by atoms with Crippen LogP contribution in [0.4, 0.5) is 11.8 Å². The molecule has 0 bridgehead atoms. The molecule has 3 rings (SSSR count). The first kappa shape index (κ1) is 13.0. The molecule has 0 aromatic carbocycles. The molecule has 19 heavy (non-hydrogen) atoms. The molecule has 1 saturated carbocycles. The summed E-state index contributed by atoms with van der Waals surface area (Å²) < 4.78 is 0. The monoisotopic (exact) mass is 294 g/mol. The van der Waals surface area contributed by atoms with Crippen molar-refractivity contribution in [3.63, 3.8) is 0 Å². The van der Waals surface area contributed by atoms with Crippen LogP contribution in [-0.2, 0) is 0 Å². The maximum atomic E-state index is 5.78. The van der Waals surface area contributed by atoms with Crippen LogP contribution in [0, 0.1) is 0 Å². The third-order valence-electron chi connectivity index (χ3n) is 3.64. The summed E-state index contributed by atoms with van der Waals surface area (Å²) in [4.78, 5) is 9.60. The lowest BCUT2D eigenvalue weighted by Gasteiger charge is -2.29. The zero-order chi connectivity index (χ0) is 13.2. The summed E-state index contributed by atoms with van der Waals surface area (Å²) >= 11 is 3.58. The van der Waals surface area contributed by atoms with Crippen molar-refractivity contribution in [2.45, 2.75) is 37.0 Å².